The summed E-state index contributed by atoms with van der Waals surface area (Å²) in [4.78, 5) is 27.2. The molecule has 6 atom stereocenters. The highest BCUT2D eigenvalue weighted by Crippen LogP contribution is 2.65. The molecule has 0 aromatic heterocycles. The van der Waals surface area contributed by atoms with Crippen molar-refractivity contribution in [2.45, 2.75) is 6.42 Å². The van der Waals surface area contributed by atoms with E-state index in [0.717, 1.165) is 4.47 Å². The Bertz CT molecular complexity index is 725. The zero-order chi connectivity index (χ0) is 15.2. The van der Waals surface area contributed by atoms with Gasteiger partial charge in [-0.15, -0.1) is 0 Å². The summed E-state index contributed by atoms with van der Waals surface area (Å²) in [6.45, 7) is 0. The lowest BCUT2D eigenvalue weighted by Gasteiger charge is -2.37. The molecule has 2 saturated carbocycles. The minimum Gasteiger partial charge on any atom is -0.274 e. The Morgan fingerprint density at radius 3 is 2.18 bits per heavy atom. The van der Waals surface area contributed by atoms with Gasteiger partial charge in [-0.1, -0.05) is 23.8 Å². The quantitative estimate of drug-likeness (QED) is 0.552. The van der Waals surface area contributed by atoms with Gasteiger partial charge in [-0.3, -0.25) is 9.59 Å². The van der Waals surface area contributed by atoms with Gasteiger partial charge < -0.3 is 0 Å². The van der Waals surface area contributed by atoms with Crippen LogP contribution in [0.5, 0.6) is 0 Å². The van der Waals surface area contributed by atoms with Gasteiger partial charge in [-0.25, -0.2) is 4.90 Å². The van der Waals surface area contributed by atoms with Crippen LogP contribution >= 0.6 is 27.5 Å². The highest BCUT2D eigenvalue weighted by atomic mass is 79.9. The number of hydrogen-bond acceptors (Lipinski definition) is 2. The van der Waals surface area contributed by atoms with Crippen molar-refractivity contribution < 1.29 is 9.59 Å². The fourth-order valence-corrected chi connectivity index (χ4v) is 5.26. The number of halogens is 2. The smallest absolute Gasteiger partial charge is 0.238 e. The lowest BCUT2D eigenvalue weighted by atomic mass is 9.63. The molecule has 1 heterocycles. The van der Waals surface area contributed by atoms with E-state index in [0.29, 0.717) is 22.5 Å². The van der Waals surface area contributed by atoms with Crippen molar-refractivity contribution in [2.75, 3.05) is 4.90 Å². The monoisotopic (exact) mass is 377 g/mol. The minimum absolute atomic E-state index is 0.0434. The molecule has 3 fully saturated rings. The maximum absolute atomic E-state index is 12.9. The summed E-state index contributed by atoms with van der Waals surface area (Å²) in [5.41, 5.74) is 0.589. The molecule has 5 aliphatic rings. The summed E-state index contributed by atoms with van der Waals surface area (Å²) < 4.78 is 0.761. The Balaban J connectivity index is 1.58. The molecular weight excluding hydrogens is 366 g/mol. The first-order chi connectivity index (χ1) is 10.6. The van der Waals surface area contributed by atoms with Crippen molar-refractivity contribution in [3.8, 4) is 0 Å². The number of rotatable bonds is 1. The van der Waals surface area contributed by atoms with Crippen molar-refractivity contribution in [3.05, 3.63) is 39.8 Å². The van der Waals surface area contributed by atoms with Gasteiger partial charge >= 0.3 is 0 Å². The Morgan fingerprint density at radius 2 is 1.64 bits per heavy atom. The fraction of sp³-hybridized carbons (Fsp3) is 0.412. The van der Waals surface area contributed by atoms with Crippen molar-refractivity contribution in [2.24, 2.45) is 35.5 Å². The van der Waals surface area contributed by atoms with Gasteiger partial charge in [0, 0.05) is 4.47 Å². The maximum atomic E-state index is 12.9. The number of amides is 2. The van der Waals surface area contributed by atoms with E-state index in [-0.39, 0.29) is 35.5 Å². The average Bonchev–Trinajstić information content (AvgIpc) is 3.28. The van der Waals surface area contributed by atoms with Gasteiger partial charge in [-0.2, -0.15) is 0 Å². The molecule has 6 rings (SSSR count). The van der Waals surface area contributed by atoms with Crippen molar-refractivity contribution in [3.63, 3.8) is 0 Å². The molecule has 1 aliphatic heterocycles. The van der Waals surface area contributed by atoms with Crippen molar-refractivity contribution in [1.82, 2.24) is 0 Å². The van der Waals surface area contributed by atoms with Crippen LogP contribution in [0.2, 0.25) is 5.02 Å². The van der Waals surface area contributed by atoms with Gasteiger partial charge in [0.1, 0.15) is 0 Å². The SMILES string of the molecule is O=C1[C@@H]2[C@H]3C=C[C@@H]([C@@H]4C[C@H]34)[C@H]2C(=O)N1c1ccc(Br)c(Cl)c1. The van der Waals surface area contributed by atoms with E-state index >= 15 is 0 Å². The van der Waals surface area contributed by atoms with E-state index in [4.69, 9.17) is 11.6 Å². The number of hydrogen-bond donors (Lipinski definition) is 0. The molecule has 1 saturated heterocycles. The Hall–Kier alpha value is -1.13. The number of carbonyl (C=O) groups is 2. The van der Waals surface area contributed by atoms with Crippen LogP contribution in [-0.4, -0.2) is 11.8 Å². The molecule has 1 aromatic rings. The third-order valence-corrected chi connectivity index (χ3v) is 7.06. The summed E-state index contributed by atoms with van der Waals surface area (Å²) >= 11 is 9.47. The Labute approximate surface area is 141 Å². The van der Waals surface area contributed by atoms with Crippen LogP contribution in [0, 0.1) is 35.5 Å². The average molecular weight is 379 g/mol. The molecule has 2 amide bonds. The normalized spacial score (nSPS) is 40.9. The molecule has 0 unspecified atom stereocenters. The van der Waals surface area contributed by atoms with E-state index in [1.54, 1.807) is 18.2 Å². The van der Waals surface area contributed by atoms with Crippen LogP contribution in [-0.2, 0) is 9.59 Å². The molecule has 0 spiro atoms. The zero-order valence-corrected chi connectivity index (χ0v) is 13.9. The molecule has 2 bridgehead atoms. The number of nitrogens with zero attached hydrogens (tertiary/aromatic N) is 1. The van der Waals surface area contributed by atoms with Gasteiger partial charge in [-0.05, 0) is 64.2 Å². The molecule has 0 radical (unpaired) electrons. The summed E-state index contributed by atoms with van der Waals surface area (Å²) in [7, 11) is 0. The van der Waals surface area contributed by atoms with Crippen LogP contribution in [0.25, 0.3) is 0 Å². The van der Waals surface area contributed by atoms with Crippen LogP contribution in [0.4, 0.5) is 5.69 Å². The van der Waals surface area contributed by atoms with E-state index in [9.17, 15) is 9.59 Å². The summed E-state index contributed by atoms with van der Waals surface area (Å²) in [6, 6.07) is 5.25. The van der Waals surface area contributed by atoms with Gasteiger partial charge in [0.2, 0.25) is 11.8 Å². The first-order valence-electron chi connectivity index (χ1n) is 7.59. The summed E-state index contributed by atoms with van der Waals surface area (Å²) in [5.74, 6) is 1.36. The lowest BCUT2D eigenvalue weighted by molar-refractivity contribution is -0.124. The number of allylic oxidation sites excluding steroid dienone is 2. The van der Waals surface area contributed by atoms with Gasteiger partial charge in [0.25, 0.3) is 0 Å². The molecule has 0 N–H and O–H groups in total. The zero-order valence-electron chi connectivity index (χ0n) is 11.6. The molecule has 1 aromatic carbocycles. The van der Waals surface area contributed by atoms with Crippen LogP contribution in [0.15, 0.2) is 34.8 Å². The lowest BCUT2D eigenvalue weighted by Crippen LogP contribution is -2.40. The van der Waals surface area contributed by atoms with Crippen molar-refractivity contribution >= 4 is 45.0 Å². The molecule has 3 nitrogen and oxygen atoms in total. The third kappa shape index (κ3) is 1.52. The number of benzene rings is 1. The molecule has 22 heavy (non-hydrogen) atoms. The summed E-state index contributed by atoms with van der Waals surface area (Å²) in [6.07, 6.45) is 5.55. The molecule has 4 aliphatic carbocycles. The first kappa shape index (κ1) is 13.3. The number of anilines is 1. The highest BCUT2D eigenvalue weighted by Gasteiger charge is 2.67. The van der Waals surface area contributed by atoms with Crippen LogP contribution in [0.1, 0.15) is 6.42 Å². The summed E-state index contributed by atoms with van der Waals surface area (Å²) in [5, 5.41) is 0.511. The van der Waals surface area contributed by atoms with E-state index in [2.05, 4.69) is 28.1 Å². The van der Waals surface area contributed by atoms with Crippen LogP contribution in [0.3, 0.4) is 0 Å². The van der Waals surface area contributed by atoms with E-state index < -0.39 is 0 Å². The molecule has 5 heteroatoms. The second-order valence-electron chi connectivity index (χ2n) is 6.76. The fourth-order valence-electron chi connectivity index (χ4n) is 4.84. The standard InChI is InChI=1S/C17H13BrClNO2/c18-12-4-1-7(5-13(12)19)20-16(21)14-8-2-3-9(11-6-10(8)11)15(14)17(20)22/h1-5,8-11,14-15H,6H2/t8-,9-,10-,11+,14+,15+/m0/s1. The second-order valence-corrected chi connectivity index (χ2v) is 8.03. The highest BCUT2D eigenvalue weighted by molar-refractivity contribution is 9.10. The minimum atomic E-state index is -0.159. The van der Waals surface area contributed by atoms with E-state index in [1.165, 1.54) is 11.3 Å². The van der Waals surface area contributed by atoms with Gasteiger partial charge in [0.15, 0.2) is 0 Å². The third-order valence-electron chi connectivity index (χ3n) is 5.82. The second kappa shape index (κ2) is 4.24. The Morgan fingerprint density at radius 1 is 1.05 bits per heavy atom. The molecular formula is C17H13BrClNO2. The molecule has 112 valence electrons. The number of imide groups is 1. The van der Waals surface area contributed by atoms with E-state index in [1.807, 2.05) is 0 Å². The predicted molar refractivity (Wildman–Crippen MR) is 86.3 cm³/mol. The van der Waals surface area contributed by atoms with Gasteiger partial charge in [0.05, 0.1) is 22.5 Å². The maximum Gasteiger partial charge on any atom is 0.238 e. The topological polar surface area (TPSA) is 37.4 Å². The Kier molecular flexibility index (Phi) is 2.56. The van der Waals surface area contributed by atoms with Crippen molar-refractivity contribution in [1.29, 1.82) is 0 Å². The van der Waals surface area contributed by atoms with Crippen LogP contribution < -0.4 is 4.90 Å². The largest absolute Gasteiger partial charge is 0.274 e. The number of carbonyl (C=O) groups excluding carboxylic acids is 2. The predicted octanol–water partition coefficient (Wildman–Crippen LogP) is 3.66. The first-order valence-corrected chi connectivity index (χ1v) is 8.76.